The van der Waals surface area contributed by atoms with Gasteiger partial charge in [0.15, 0.2) is 0 Å². The molecule has 0 saturated carbocycles. The molecule has 8 nitrogen and oxygen atoms in total. The van der Waals surface area contributed by atoms with Crippen molar-refractivity contribution in [2.45, 2.75) is 39.3 Å². The van der Waals surface area contributed by atoms with E-state index in [1.54, 1.807) is 11.4 Å². The van der Waals surface area contributed by atoms with Crippen LogP contribution in [-0.2, 0) is 20.9 Å². The number of thiophene rings is 1. The van der Waals surface area contributed by atoms with Gasteiger partial charge in [-0.1, -0.05) is 12.1 Å². The maximum atomic E-state index is 13.1. The van der Waals surface area contributed by atoms with Crippen molar-refractivity contribution in [3.05, 3.63) is 57.5 Å². The molecule has 9 heteroatoms. The van der Waals surface area contributed by atoms with Gasteiger partial charge in [0, 0.05) is 18.8 Å². The molecule has 1 fully saturated rings. The highest BCUT2D eigenvalue weighted by Crippen LogP contribution is 2.19. The number of hydrogen-bond donors (Lipinski definition) is 1. The topological polar surface area (TPSA) is 93.5 Å². The average Bonchev–Trinajstić information content (AvgIpc) is 3.45. The second kappa shape index (κ2) is 9.62. The lowest BCUT2D eigenvalue weighted by molar-refractivity contribution is -0.136. The maximum absolute atomic E-state index is 13.1. The highest BCUT2D eigenvalue weighted by Gasteiger charge is 2.25. The Balaban J connectivity index is 1.50. The molecule has 1 atom stereocenters. The van der Waals surface area contributed by atoms with Gasteiger partial charge in [-0.15, -0.1) is 11.3 Å². The van der Waals surface area contributed by atoms with Gasteiger partial charge in [-0.2, -0.15) is 0 Å². The number of ether oxygens (including phenoxy) is 1. The highest BCUT2D eigenvalue weighted by molar-refractivity contribution is 7.16. The third-order valence-electron chi connectivity index (χ3n) is 5.77. The van der Waals surface area contributed by atoms with Crippen LogP contribution >= 0.6 is 11.3 Å². The van der Waals surface area contributed by atoms with Crippen molar-refractivity contribution in [3.63, 3.8) is 0 Å². The summed E-state index contributed by atoms with van der Waals surface area (Å²) in [6, 6.07) is 7.41. The monoisotopic (exact) mass is 454 g/mol. The lowest BCUT2D eigenvalue weighted by Crippen LogP contribution is -2.44. The summed E-state index contributed by atoms with van der Waals surface area (Å²) in [5.41, 5.74) is 2.52. The molecule has 0 bridgehead atoms. The van der Waals surface area contributed by atoms with Crippen LogP contribution in [-0.4, -0.2) is 52.1 Å². The van der Waals surface area contributed by atoms with E-state index in [1.165, 1.54) is 27.1 Å². The molecule has 32 heavy (non-hydrogen) atoms. The Morgan fingerprint density at radius 1 is 1.31 bits per heavy atom. The normalized spacial score (nSPS) is 15.8. The van der Waals surface area contributed by atoms with E-state index >= 15 is 0 Å². The Morgan fingerprint density at radius 2 is 2.16 bits per heavy atom. The first-order valence-corrected chi connectivity index (χ1v) is 11.5. The summed E-state index contributed by atoms with van der Waals surface area (Å²) in [4.78, 5) is 45.0. The van der Waals surface area contributed by atoms with E-state index in [-0.39, 0.29) is 36.6 Å². The summed E-state index contributed by atoms with van der Waals surface area (Å²) in [6.45, 7) is 4.59. The van der Waals surface area contributed by atoms with Gasteiger partial charge >= 0.3 is 0 Å². The van der Waals surface area contributed by atoms with Crippen LogP contribution in [0.3, 0.4) is 0 Å². The second-order valence-corrected chi connectivity index (χ2v) is 8.92. The van der Waals surface area contributed by atoms with Crippen molar-refractivity contribution < 1.29 is 14.3 Å². The van der Waals surface area contributed by atoms with Crippen LogP contribution in [0.1, 0.15) is 24.0 Å². The number of anilines is 1. The molecule has 3 heterocycles. The van der Waals surface area contributed by atoms with Crippen LogP contribution in [0.4, 0.5) is 5.69 Å². The Labute approximate surface area is 189 Å². The molecule has 4 rings (SSSR count). The summed E-state index contributed by atoms with van der Waals surface area (Å²) in [5, 5.41) is 5.19. The van der Waals surface area contributed by atoms with E-state index < -0.39 is 0 Å². The number of nitrogens with one attached hydrogen (secondary N) is 1. The highest BCUT2D eigenvalue weighted by atomic mass is 32.1. The first kappa shape index (κ1) is 22.2. The first-order chi connectivity index (χ1) is 15.4. The summed E-state index contributed by atoms with van der Waals surface area (Å²) >= 11 is 1.38. The lowest BCUT2D eigenvalue weighted by Gasteiger charge is -2.25. The number of fused-ring (bicyclic) bond motifs is 1. The number of rotatable bonds is 7. The van der Waals surface area contributed by atoms with Gasteiger partial charge in [0.1, 0.15) is 17.9 Å². The quantitative estimate of drug-likeness (QED) is 0.593. The smallest absolute Gasteiger partial charge is 0.262 e. The van der Waals surface area contributed by atoms with E-state index in [9.17, 15) is 14.4 Å². The second-order valence-electron chi connectivity index (χ2n) is 8.02. The molecule has 1 aromatic carbocycles. The Bertz CT molecular complexity index is 1200. The van der Waals surface area contributed by atoms with Crippen molar-refractivity contribution in [1.29, 1.82) is 0 Å². The summed E-state index contributed by atoms with van der Waals surface area (Å²) in [5.74, 6) is -0.612. The van der Waals surface area contributed by atoms with Crippen LogP contribution in [0, 0.1) is 13.8 Å². The average molecular weight is 455 g/mol. The zero-order valence-corrected chi connectivity index (χ0v) is 19.0. The number of benzene rings is 1. The van der Waals surface area contributed by atoms with Crippen molar-refractivity contribution in [1.82, 2.24) is 14.5 Å². The number of hydrogen-bond acceptors (Lipinski definition) is 6. The molecule has 1 N–H and O–H groups in total. The summed E-state index contributed by atoms with van der Waals surface area (Å²) in [6.07, 6.45) is 3.05. The standard InChI is InChI=1S/C23H26N4O4S/c1-15-5-3-7-19(16(15)2)25-20(28)12-26(11-17-6-4-9-31-17)21(29)13-27-14-24-22-18(23(27)30)8-10-32-22/h3,5,7-8,10,14,17H,4,6,9,11-13H2,1-2H3,(H,25,28)/t17-/m0/s1. The fraction of sp³-hybridized carbons (Fsp3) is 0.391. The van der Waals surface area contributed by atoms with Crippen LogP contribution in [0.15, 0.2) is 40.8 Å². The minimum absolute atomic E-state index is 0.110. The van der Waals surface area contributed by atoms with Crippen molar-refractivity contribution >= 4 is 39.1 Å². The third kappa shape index (κ3) is 4.89. The third-order valence-corrected chi connectivity index (χ3v) is 6.59. The fourth-order valence-corrected chi connectivity index (χ4v) is 4.51. The molecule has 0 radical (unpaired) electrons. The Morgan fingerprint density at radius 3 is 2.94 bits per heavy atom. The van der Waals surface area contributed by atoms with E-state index in [2.05, 4.69) is 10.3 Å². The maximum Gasteiger partial charge on any atom is 0.262 e. The predicted octanol–water partition coefficient (Wildman–Crippen LogP) is 2.72. The molecule has 0 aliphatic carbocycles. The SMILES string of the molecule is Cc1cccc(NC(=O)CN(C[C@@H]2CCCO2)C(=O)Cn2cnc3sccc3c2=O)c1C. The van der Waals surface area contributed by atoms with Gasteiger partial charge in [0.2, 0.25) is 11.8 Å². The fourth-order valence-electron chi connectivity index (χ4n) is 3.79. The zero-order chi connectivity index (χ0) is 22.7. The van der Waals surface area contributed by atoms with E-state index in [4.69, 9.17) is 4.74 Å². The molecule has 1 aliphatic heterocycles. The number of amides is 2. The van der Waals surface area contributed by atoms with E-state index in [0.717, 1.165) is 29.7 Å². The van der Waals surface area contributed by atoms with Crippen molar-refractivity contribution in [2.75, 3.05) is 25.0 Å². The molecule has 3 aromatic rings. The van der Waals surface area contributed by atoms with E-state index in [1.807, 2.05) is 32.0 Å². The Hall–Kier alpha value is -3.04. The van der Waals surface area contributed by atoms with Crippen LogP contribution in [0.2, 0.25) is 0 Å². The predicted molar refractivity (Wildman–Crippen MR) is 124 cm³/mol. The van der Waals surface area contributed by atoms with Crippen LogP contribution in [0.25, 0.3) is 10.2 Å². The minimum Gasteiger partial charge on any atom is -0.376 e. The molecular weight excluding hydrogens is 428 g/mol. The van der Waals surface area contributed by atoms with Gasteiger partial charge in [-0.05, 0) is 55.3 Å². The van der Waals surface area contributed by atoms with Gasteiger partial charge in [-0.3, -0.25) is 19.0 Å². The number of carbonyl (C=O) groups excluding carboxylic acids is 2. The minimum atomic E-state index is -0.324. The van der Waals surface area contributed by atoms with Crippen LogP contribution < -0.4 is 10.9 Å². The largest absolute Gasteiger partial charge is 0.376 e. The van der Waals surface area contributed by atoms with Gasteiger partial charge in [0.05, 0.1) is 17.8 Å². The molecule has 0 spiro atoms. The van der Waals surface area contributed by atoms with Crippen molar-refractivity contribution in [2.24, 2.45) is 0 Å². The summed E-state index contributed by atoms with van der Waals surface area (Å²) < 4.78 is 6.98. The summed E-state index contributed by atoms with van der Waals surface area (Å²) in [7, 11) is 0. The van der Waals surface area contributed by atoms with Crippen molar-refractivity contribution in [3.8, 4) is 0 Å². The Kier molecular flexibility index (Phi) is 6.66. The molecule has 168 valence electrons. The molecule has 1 aliphatic rings. The van der Waals surface area contributed by atoms with Gasteiger partial charge in [0.25, 0.3) is 5.56 Å². The molecular formula is C23H26N4O4S. The van der Waals surface area contributed by atoms with Gasteiger partial charge in [-0.25, -0.2) is 4.98 Å². The number of carbonyl (C=O) groups is 2. The number of aryl methyl sites for hydroxylation is 1. The van der Waals surface area contributed by atoms with E-state index in [0.29, 0.717) is 23.4 Å². The van der Waals surface area contributed by atoms with Crippen LogP contribution in [0.5, 0.6) is 0 Å². The number of nitrogens with zero attached hydrogens (tertiary/aromatic N) is 3. The molecule has 2 aromatic heterocycles. The lowest BCUT2D eigenvalue weighted by atomic mass is 10.1. The van der Waals surface area contributed by atoms with Gasteiger partial charge < -0.3 is 15.0 Å². The number of aromatic nitrogens is 2. The molecule has 0 unspecified atom stereocenters. The first-order valence-electron chi connectivity index (χ1n) is 10.6. The molecule has 1 saturated heterocycles. The molecule has 2 amide bonds. The zero-order valence-electron chi connectivity index (χ0n) is 18.2.